The third kappa shape index (κ3) is 2.18. The van der Waals surface area contributed by atoms with Gasteiger partial charge in [-0.15, -0.1) is 11.3 Å². The molecule has 4 heterocycles. The van der Waals surface area contributed by atoms with Crippen LogP contribution in [0.3, 0.4) is 0 Å². The van der Waals surface area contributed by atoms with Crippen molar-refractivity contribution in [2.45, 2.75) is 32.5 Å². The number of carbonyl (C=O) groups is 1. The summed E-state index contributed by atoms with van der Waals surface area (Å²) in [5, 5.41) is 2.11. The first kappa shape index (κ1) is 13.3. The first-order chi connectivity index (χ1) is 11.3. The van der Waals surface area contributed by atoms with Crippen LogP contribution in [0.15, 0.2) is 36.0 Å². The molecule has 5 rings (SSSR count). The smallest absolute Gasteiger partial charge is 0.271 e. The van der Waals surface area contributed by atoms with Gasteiger partial charge in [-0.25, -0.2) is 0 Å². The highest BCUT2D eigenvalue weighted by molar-refractivity contribution is 7.17. The first-order valence-corrected chi connectivity index (χ1v) is 8.95. The van der Waals surface area contributed by atoms with E-state index in [9.17, 15) is 4.79 Å². The number of amides is 1. The molecule has 1 aliphatic carbocycles. The number of hydrogen-bond donors (Lipinski definition) is 0. The average Bonchev–Trinajstić information content (AvgIpc) is 2.99. The Bertz CT molecular complexity index is 881. The number of fused-ring (bicyclic) bond motifs is 2. The summed E-state index contributed by atoms with van der Waals surface area (Å²) in [5.74, 6) is 0.891. The molecule has 0 saturated heterocycles. The van der Waals surface area contributed by atoms with E-state index in [-0.39, 0.29) is 5.91 Å². The quantitative estimate of drug-likeness (QED) is 0.738. The lowest BCUT2D eigenvalue weighted by atomic mass is 10.2. The fourth-order valence-electron chi connectivity index (χ4n) is 3.43. The maximum absolute atomic E-state index is 13.1. The van der Waals surface area contributed by atoms with Gasteiger partial charge in [-0.2, -0.15) is 0 Å². The van der Waals surface area contributed by atoms with E-state index in [0.717, 1.165) is 18.2 Å². The van der Waals surface area contributed by atoms with Crippen molar-refractivity contribution in [3.63, 3.8) is 0 Å². The Morgan fingerprint density at radius 3 is 2.96 bits per heavy atom. The highest BCUT2D eigenvalue weighted by Gasteiger charge is 2.29. The van der Waals surface area contributed by atoms with Gasteiger partial charge in [0.15, 0.2) is 0 Å². The van der Waals surface area contributed by atoms with Gasteiger partial charge in [0.25, 0.3) is 5.91 Å². The van der Waals surface area contributed by atoms with Crippen molar-refractivity contribution in [1.29, 1.82) is 0 Å². The molecule has 4 nitrogen and oxygen atoms in total. The fourth-order valence-corrected chi connectivity index (χ4v) is 4.26. The van der Waals surface area contributed by atoms with Crippen LogP contribution in [0.25, 0.3) is 10.2 Å². The zero-order chi connectivity index (χ0) is 15.4. The summed E-state index contributed by atoms with van der Waals surface area (Å²) in [6, 6.07) is 6.23. The zero-order valence-corrected chi connectivity index (χ0v) is 13.6. The summed E-state index contributed by atoms with van der Waals surface area (Å²) >= 11 is 1.72. The van der Waals surface area contributed by atoms with Crippen LogP contribution in [0.2, 0.25) is 0 Å². The summed E-state index contributed by atoms with van der Waals surface area (Å²) in [5.41, 5.74) is 4.45. The number of aromatic nitrogens is 2. The topological polar surface area (TPSA) is 38.1 Å². The SMILES string of the molecule is O=C(c1cc2sccc2n1CC1CC1)N1Cc2ccncc2C1. The molecule has 0 aromatic carbocycles. The maximum Gasteiger partial charge on any atom is 0.271 e. The van der Waals surface area contributed by atoms with E-state index < -0.39 is 0 Å². The molecule has 0 N–H and O–H groups in total. The minimum absolute atomic E-state index is 0.144. The fraction of sp³-hybridized carbons (Fsp3) is 0.333. The molecule has 0 atom stereocenters. The van der Waals surface area contributed by atoms with Crippen LogP contribution in [0.1, 0.15) is 34.5 Å². The number of rotatable bonds is 3. The van der Waals surface area contributed by atoms with Gasteiger partial charge in [-0.05, 0) is 53.5 Å². The molecule has 1 aliphatic heterocycles. The highest BCUT2D eigenvalue weighted by Crippen LogP contribution is 2.35. The van der Waals surface area contributed by atoms with Crippen LogP contribution in [0.5, 0.6) is 0 Å². The van der Waals surface area contributed by atoms with Crippen molar-refractivity contribution in [2.75, 3.05) is 0 Å². The Labute approximate surface area is 138 Å². The molecule has 2 aliphatic rings. The van der Waals surface area contributed by atoms with Crippen molar-refractivity contribution in [1.82, 2.24) is 14.5 Å². The summed E-state index contributed by atoms with van der Waals surface area (Å²) in [6.45, 7) is 2.34. The molecule has 0 bridgehead atoms. The second kappa shape index (κ2) is 4.93. The van der Waals surface area contributed by atoms with E-state index in [4.69, 9.17) is 0 Å². The van der Waals surface area contributed by atoms with Gasteiger partial charge in [-0.1, -0.05) is 0 Å². The largest absolute Gasteiger partial charge is 0.336 e. The van der Waals surface area contributed by atoms with Crippen molar-refractivity contribution >= 4 is 27.5 Å². The molecule has 23 heavy (non-hydrogen) atoms. The van der Waals surface area contributed by atoms with E-state index in [1.165, 1.54) is 34.2 Å². The minimum Gasteiger partial charge on any atom is -0.336 e. The molecule has 0 radical (unpaired) electrons. The van der Waals surface area contributed by atoms with E-state index in [1.54, 1.807) is 17.5 Å². The van der Waals surface area contributed by atoms with E-state index in [1.807, 2.05) is 17.2 Å². The molecule has 3 aromatic rings. The van der Waals surface area contributed by atoms with Gasteiger partial charge in [0.05, 0.1) is 10.2 Å². The minimum atomic E-state index is 0.144. The van der Waals surface area contributed by atoms with Crippen LogP contribution in [-0.2, 0) is 19.6 Å². The van der Waals surface area contributed by atoms with Crippen molar-refractivity contribution < 1.29 is 4.79 Å². The Kier molecular flexibility index (Phi) is 2.85. The van der Waals surface area contributed by atoms with Gasteiger partial charge in [0.2, 0.25) is 0 Å². The van der Waals surface area contributed by atoms with Gasteiger partial charge in [0.1, 0.15) is 5.69 Å². The van der Waals surface area contributed by atoms with Gasteiger partial charge in [-0.3, -0.25) is 9.78 Å². The number of hydrogen-bond acceptors (Lipinski definition) is 3. The molecular formula is C18H17N3OS. The number of carbonyl (C=O) groups excluding carboxylic acids is 1. The molecule has 116 valence electrons. The van der Waals surface area contributed by atoms with E-state index in [0.29, 0.717) is 13.1 Å². The molecular weight excluding hydrogens is 306 g/mol. The van der Waals surface area contributed by atoms with Crippen molar-refractivity contribution in [3.05, 3.63) is 52.8 Å². The lowest BCUT2D eigenvalue weighted by Crippen LogP contribution is -2.27. The Morgan fingerprint density at radius 1 is 1.26 bits per heavy atom. The zero-order valence-electron chi connectivity index (χ0n) is 12.7. The third-order valence-electron chi connectivity index (χ3n) is 4.89. The molecule has 1 saturated carbocycles. The lowest BCUT2D eigenvalue weighted by molar-refractivity contribution is 0.0740. The number of nitrogens with zero attached hydrogens (tertiary/aromatic N) is 3. The predicted octanol–water partition coefficient (Wildman–Crippen LogP) is 3.66. The Balaban J connectivity index is 1.50. The van der Waals surface area contributed by atoms with Gasteiger partial charge in [0, 0.05) is 32.0 Å². The monoisotopic (exact) mass is 323 g/mol. The Hall–Kier alpha value is -2.14. The molecule has 0 spiro atoms. The molecule has 5 heteroatoms. The van der Waals surface area contributed by atoms with Crippen LogP contribution >= 0.6 is 11.3 Å². The highest BCUT2D eigenvalue weighted by atomic mass is 32.1. The summed E-state index contributed by atoms with van der Waals surface area (Å²) < 4.78 is 3.46. The molecule has 0 unspecified atom stereocenters. The summed E-state index contributed by atoms with van der Waals surface area (Å²) in [4.78, 5) is 19.2. The van der Waals surface area contributed by atoms with Crippen LogP contribution < -0.4 is 0 Å². The van der Waals surface area contributed by atoms with Crippen LogP contribution in [-0.4, -0.2) is 20.4 Å². The van der Waals surface area contributed by atoms with E-state index >= 15 is 0 Å². The van der Waals surface area contributed by atoms with E-state index in [2.05, 4.69) is 27.1 Å². The normalized spacial score (nSPS) is 17.0. The third-order valence-corrected chi connectivity index (χ3v) is 5.75. The number of pyridine rings is 1. The second-order valence-electron chi connectivity index (χ2n) is 6.56. The summed E-state index contributed by atoms with van der Waals surface area (Å²) in [6.07, 6.45) is 6.26. The van der Waals surface area contributed by atoms with Crippen molar-refractivity contribution in [2.24, 2.45) is 5.92 Å². The molecule has 1 fully saturated rings. The maximum atomic E-state index is 13.1. The second-order valence-corrected chi connectivity index (χ2v) is 7.51. The predicted molar refractivity (Wildman–Crippen MR) is 90.4 cm³/mol. The molecule has 3 aromatic heterocycles. The van der Waals surface area contributed by atoms with Crippen molar-refractivity contribution in [3.8, 4) is 0 Å². The first-order valence-electron chi connectivity index (χ1n) is 8.07. The standard InChI is InChI=1S/C18H17N3OS/c22-18(20-10-13-3-5-19-8-14(13)11-20)16-7-17-15(4-6-23-17)21(16)9-12-1-2-12/h3-8,12H,1-2,9-11H2. The average molecular weight is 323 g/mol. The van der Waals surface area contributed by atoms with Gasteiger partial charge < -0.3 is 9.47 Å². The van der Waals surface area contributed by atoms with Gasteiger partial charge >= 0.3 is 0 Å². The van der Waals surface area contributed by atoms with Crippen LogP contribution in [0.4, 0.5) is 0 Å². The lowest BCUT2D eigenvalue weighted by Gasteiger charge is -2.17. The Morgan fingerprint density at radius 2 is 2.13 bits per heavy atom. The summed E-state index contributed by atoms with van der Waals surface area (Å²) in [7, 11) is 0. The number of thiophene rings is 1. The molecule has 1 amide bonds. The van der Waals surface area contributed by atoms with Crippen LogP contribution in [0, 0.1) is 5.92 Å².